The fraction of sp³-hybridized carbons (Fsp3) is 0.375. The third-order valence-electron chi connectivity index (χ3n) is 0.977. The molecule has 0 aliphatic rings. The molecule has 0 N–H and O–H groups in total. The van der Waals surface area contributed by atoms with E-state index in [4.69, 9.17) is 4.42 Å². The third-order valence-corrected chi connectivity index (χ3v) is 1.85. The molecule has 0 unspecified atom stereocenters. The van der Waals surface area contributed by atoms with E-state index in [0.717, 1.165) is 0 Å². The van der Waals surface area contributed by atoms with E-state index in [0.29, 0.717) is 5.89 Å². The van der Waals surface area contributed by atoms with E-state index in [1.54, 1.807) is 6.20 Å². The quantitative estimate of drug-likeness (QED) is 0.433. The molecule has 0 atom stereocenters. The van der Waals surface area contributed by atoms with Crippen molar-refractivity contribution in [2.45, 2.75) is 19.6 Å². The van der Waals surface area contributed by atoms with Crippen molar-refractivity contribution < 1.29 is 4.42 Å². The summed E-state index contributed by atoms with van der Waals surface area (Å²) in [5.74, 6) is 3.42. The molecular weight excluding hydrogens is 154 g/mol. The zero-order valence-electron chi connectivity index (χ0n) is 7.01. The van der Waals surface area contributed by atoms with Crippen molar-refractivity contribution in [2.24, 2.45) is 0 Å². The molecule has 0 spiro atoms. The van der Waals surface area contributed by atoms with Gasteiger partial charge in [-0.25, -0.2) is 4.98 Å². The molecule has 58 valence electrons. The molecule has 0 aliphatic heterocycles. The second-order valence-electron chi connectivity index (χ2n) is 3.34. The van der Waals surface area contributed by atoms with E-state index in [9.17, 15) is 0 Å². The molecule has 0 aliphatic carbocycles. The first-order chi connectivity index (χ1) is 5.08. The van der Waals surface area contributed by atoms with Gasteiger partial charge < -0.3 is 4.42 Å². The summed E-state index contributed by atoms with van der Waals surface area (Å²) in [6.45, 7) is 6.55. The summed E-state index contributed by atoms with van der Waals surface area (Å²) in [6.07, 6.45) is 3.14. The normalized spacial score (nSPS) is 10.5. The van der Waals surface area contributed by atoms with E-state index >= 15 is 0 Å². The SMILES string of the molecule is C[Si](C)(C)C#Cc1ncco1. The van der Waals surface area contributed by atoms with Crippen molar-refractivity contribution in [1.29, 1.82) is 0 Å². The highest BCUT2D eigenvalue weighted by Crippen LogP contribution is 1.98. The molecule has 0 saturated carbocycles. The fourth-order valence-electron chi connectivity index (χ4n) is 0.526. The molecule has 0 bridgehead atoms. The van der Waals surface area contributed by atoms with Gasteiger partial charge in [0.2, 0.25) is 0 Å². The lowest BCUT2D eigenvalue weighted by Crippen LogP contribution is -2.16. The van der Waals surface area contributed by atoms with E-state index in [1.807, 2.05) is 0 Å². The molecule has 1 rings (SSSR count). The first kappa shape index (κ1) is 8.09. The number of oxazole rings is 1. The Balaban J connectivity index is 2.74. The molecular formula is C8H11NOSi. The van der Waals surface area contributed by atoms with Crippen LogP contribution in [0.1, 0.15) is 5.89 Å². The minimum absolute atomic E-state index is 0.521. The van der Waals surface area contributed by atoms with Gasteiger partial charge in [0.05, 0.1) is 6.20 Å². The van der Waals surface area contributed by atoms with Crippen molar-refractivity contribution >= 4 is 8.07 Å². The zero-order chi connectivity index (χ0) is 8.32. The summed E-state index contributed by atoms with van der Waals surface area (Å²) in [6, 6.07) is 0. The predicted molar refractivity (Wildman–Crippen MR) is 46.7 cm³/mol. The number of aromatic nitrogens is 1. The summed E-state index contributed by atoms with van der Waals surface area (Å²) in [5.41, 5.74) is 3.16. The summed E-state index contributed by atoms with van der Waals surface area (Å²) in [5, 5.41) is 0. The second-order valence-corrected chi connectivity index (χ2v) is 8.09. The molecule has 1 heterocycles. The number of hydrogen-bond donors (Lipinski definition) is 0. The lowest BCUT2D eigenvalue weighted by Gasteiger charge is -2.01. The minimum Gasteiger partial charge on any atom is -0.439 e. The van der Waals surface area contributed by atoms with Gasteiger partial charge in [0.15, 0.2) is 0 Å². The van der Waals surface area contributed by atoms with E-state index < -0.39 is 8.07 Å². The first-order valence-electron chi connectivity index (χ1n) is 3.50. The van der Waals surface area contributed by atoms with Gasteiger partial charge in [0.1, 0.15) is 14.3 Å². The highest BCUT2D eigenvalue weighted by molar-refractivity contribution is 6.83. The molecule has 1 aromatic rings. The Bertz CT molecular complexity index is 273. The smallest absolute Gasteiger partial charge is 0.272 e. The molecule has 0 radical (unpaired) electrons. The Morgan fingerprint density at radius 2 is 2.18 bits per heavy atom. The maximum atomic E-state index is 4.97. The lowest BCUT2D eigenvalue weighted by molar-refractivity contribution is 0.543. The van der Waals surface area contributed by atoms with Crippen LogP contribution >= 0.6 is 0 Å². The Morgan fingerprint density at radius 3 is 2.64 bits per heavy atom. The third kappa shape index (κ3) is 3.05. The molecule has 0 aromatic carbocycles. The van der Waals surface area contributed by atoms with Gasteiger partial charge in [-0.05, 0) is 5.92 Å². The highest BCUT2D eigenvalue weighted by Gasteiger charge is 2.07. The topological polar surface area (TPSA) is 26.0 Å². The number of hydrogen-bond acceptors (Lipinski definition) is 2. The Kier molecular flexibility index (Phi) is 2.15. The zero-order valence-corrected chi connectivity index (χ0v) is 8.01. The Morgan fingerprint density at radius 1 is 1.45 bits per heavy atom. The van der Waals surface area contributed by atoms with Crippen molar-refractivity contribution in [3.05, 3.63) is 18.4 Å². The monoisotopic (exact) mass is 165 g/mol. The minimum atomic E-state index is -1.27. The van der Waals surface area contributed by atoms with Crippen LogP contribution in [0.25, 0.3) is 0 Å². The van der Waals surface area contributed by atoms with E-state index in [1.165, 1.54) is 6.26 Å². The molecule has 0 fully saturated rings. The van der Waals surface area contributed by atoms with Crippen molar-refractivity contribution in [2.75, 3.05) is 0 Å². The standard InChI is InChI=1S/C8H11NOSi/c1-11(2,3)7-4-8-9-5-6-10-8/h5-6H,1-3H3. The van der Waals surface area contributed by atoms with E-state index in [2.05, 4.69) is 36.1 Å². The van der Waals surface area contributed by atoms with Gasteiger partial charge in [-0.2, -0.15) is 0 Å². The van der Waals surface area contributed by atoms with Gasteiger partial charge in [-0.1, -0.05) is 19.6 Å². The maximum absolute atomic E-state index is 4.97. The van der Waals surface area contributed by atoms with Crippen LogP contribution in [0.2, 0.25) is 19.6 Å². The van der Waals surface area contributed by atoms with Gasteiger partial charge in [0.25, 0.3) is 5.89 Å². The molecule has 2 nitrogen and oxygen atoms in total. The van der Waals surface area contributed by atoms with Gasteiger partial charge in [-0.3, -0.25) is 0 Å². The average molecular weight is 165 g/mol. The highest BCUT2D eigenvalue weighted by atomic mass is 28.3. The molecule has 3 heteroatoms. The first-order valence-corrected chi connectivity index (χ1v) is 7.00. The summed E-state index contributed by atoms with van der Waals surface area (Å²) in [4.78, 5) is 3.90. The predicted octanol–water partition coefficient (Wildman–Crippen LogP) is 1.90. The Labute approximate surface area is 67.7 Å². The van der Waals surface area contributed by atoms with Crippen LogP contribution in [0, 0.1) is 11.5 Å². The van der Waals surface area contributed by atoms with E-state index in [-0.39, 0.29) is 0 Å². The van der Waals surface area contributed by atoms with Crippen molar-refractivity contribution in [1.82, 2.24) is 4.98 Å². The van der Waals surface area contributed by atoms with Crippen molar-refractivity contribution in [3.63, 3.8) is 0 Å². The molecule has 0 amide bonds. The van der Waals surface area contributed by atoms with Crippen LogP contribution in [0.4, 0.5) is 0 Å². The number of rotatable bonds is 0. The Hall–Kier alpha value is -1.01. The summed E-state index contributed by atoms with van der Waals surface area (Å²) >= 11 is 0. The molecule has 0 saturated heterocycles. The summed E-state index contributed by atoms with van der Waals surface area (Å²) < 4.78 is 4.97. The second kappa shape index (κ2) is 2.93. The number of nitrogens with zero attached hydrogens (tertiary/aromatic N) is 1. The summed E-state index contributed by atoms with van der Waals surface area (Å²) in [7, 11) is -1.27. The molecule has 1 aromatic heterocycles. The van der Waals surface area contributed by atoms with Crippen LogP contribution in [-0.2, 0) is 0 Å². The molecule has 11 heavy (non-hydrogen) atoms. The fourth-order valence-corrected chi connectivity index (χ4v) is 1.01. The van der Waals surface area contributed by atoms with Crippen LogP contribution in [-0.4, -0.2) is 13.1 Å². The van der Waals surface area contributed by atoms with Gasteiger partial charge >= 0.3 is 0 Å². The van der Waals surface area contributed by atoms with Gasteiger partial charge in [0, 0.05) is 0 Å². The van der Waals surface area contributed by atoms with Crippen LogP contribution < -0.4 is 0 Å². The lowest BCUT2D eigenvalue weighted by atomic mass is 10.7. The average Bonchev–Trinajstić information content (AvgIpc) is 2.32. The van der Waals surface area contributed by atoms with Gasteiger partial charge in [-0.15, -0.1) is 5.54 Å². The van der Waals surface area contributed by atoms with Crippen molar-refractivity contribution in [3.8, 4) is 11.5 Å². The van der Waals surface area contributed by atoms with Crippen LogP contribution in [0.15, 0.2) is 16.9 Å². The maximum Gasteiger partial charge on any atom is 0.272 e. The largest absolute Gasteiger partial charge is 0.439 e. The van der Waals surface area contributed by atoms with Crippen LogP contribution in [0.3, 0.4) is 0 Å². The van der Waals surface area contributed by atoms with Crippen LogP contribution in [0.5, 0.6) is 0 Å².